The summed E-state index contributed by atoms with van der Waals surface area (Å²) < 4.78 is 35.5. The molecule has 1 aromatic heterocycles. The minimum Gasteiger partial charge on any atom is -0.374 e. The molecule has 1 amide bonds. The summed E-state index contributed by atoms with van der Waals surface area (Å²) in [6, 6.07) is 0. The van der Waals surface area contributed by atoms with Crippen LogP contribution < -0.4 is 11.1 Å². The SMILES string of the molecule is Nc1nnc(SCNC(=O)C(F)(F)F)s1. The Bertz CT molecular complexity index is 352. The van der Waals surface area contributed by atoms with Crippen LogP contribution >= 0.6 is 23.1 Å². The molecule has 1 heterocycles. The average molecular weight is 258 g/mol. The van der Waals surface area contributed by atoms with E-state index >= 15 is 0 Å². The molecule has 0 saturated carbocycles. The quantitative estimate of drug-likeness (QED) is 0.620. The molecule has 0 unspecified atom stereocenters. The molecule has 10 heteroatoms. The van der Waals surface area contributed by atoms with E-state index in [4.69, 9.17) is 5.73 Å². The topological polar surface area (TPSA) is 80.9 Å². The van der Waals surface area contributed by atoms with Crippen molar-refractivity contribution in [2.45, 2.75) is 10.5 Å². The zero-order valence-corrected chi connectivity index (χ0v) is 8.67. The fourth-order valence-electron chi connectivity index (χ4n) is 0.542. The van der Waals surface area contributed by atoms with Crippen molar-refractivity contribution in [3.8, 4) is 0 Å². The Kier molecular flexibility index (Phi) is 3.74. The number of nitrogens with one attached hydrogen (secondary N) is 1. The van der Waals surface area contributed by atoms with Gasteiger partial charge in [0.2, 0.25) is 5.13 Å². The summed E-state index contributed by atoms with van der Waals surface area (Å²) in [4.78, 5) is 10.4. The maximum absolute atomic E-state index is 11.7. The third kappa shape index (κ3) is 3.91. The number of nitrogens with two attached hydrogens (primary N) is 1. The van der Waals surface area contributed by atoms with Gasteiger partial charge in [-0.3, -0.25) is 4.79 Å². The molecule has 84 valence electrons. The largest absolute Gasteiger partial charge is 0.471 e. The number of aromatic nitrogens is 2. The van der Waals surface area contributed by atoms with Crippen LogP contribution in [0.5, 0.6) is 0 Å². The van der Waals surface area contributed by atoms with Crippen LogP contribution in [0.1, 0.15) is 0 Å². The number of hydrogen-bond acceptors (Lipinski definition) is 6. The molecule has 0 radical (unpaired) electrons. The van der Waals surface area contributed by atoms with Gasteiger partial charge < -0.3 is 11.1 Å². The van der Waals surface area contributed by atoms with E-state index in [0.717, 1.165) is 23.1 Å². The molecule has 1 rings (SSSR count). The zero-order valence-electron chi connectivity index (χ0n) is 7.04. The highest BCUT2D eigenvalue weighted by molar-refractivity contribution is 8.01. The van der Waals surface area contributed by atoms with Crippen molar-refractivity contribution in [2.24, 2.45) is 0 Å². The predicted molar refractivity (Wildman–Crippen MR) is 49.2 cm³/mol. The second-order valence-corrected chi connectivity index (χ2v) is 4.43. The molecule has 0 saturated heterocycles. The number of rotatable bonds is 3. The third-order valence-corrected chi connectivity index (χ3v) is 2.88. The van der Waals surface area contributed by atoms with E-state index in [0.29, 0.717) is 4.34 Å². The molecule has 0 bridgehead atoms. The average Bonchev–Trinajstić information content (AvgIpc) is 2.49. The Balaban J connectivity index is 2.31. The summed E-state index contributed by atoms with van der Waals surface area (Å²) in [5.74, 6) is -2.21. The Hall–Kier alpha value is -1.03. The Labute approximate surface area is 90.2 Å². The maximum Gasteiger partial charge on any atom is 0.471 e. The van der Waals surface area contributed by atoms with Gasteiger partial charge in [0.25, 0.3) is 0 Å². The number of hydrogen-bond donors (Lipinski definition) is 2. The van der Waals surface area contributed by atoms with Crippen LogP contribution in [-0.2, 0) is 4.79 Å². The zero-order chi connectivity index (χ0) is 11.5. The lowest BCUT2D eigenvalue weighted by molar-refractivity contribution is -0.173. The Morgan fingerprint density at radius 3 is 2.67 bits per heavy atom. The lowest BCUT2D eigenvalue weighted by Gasteiger charge is -2.05. The second kappa shape index (κ2) is 4.66. The second-order valence-electron chi connectivity index (χ2n) is 2.20. The molecule has 15 heavy (non-hydrogen) atoms. The smallest absolute Gasteiger partial charge is 0.374 e. The van der Waals surface area contributed by atoms with Crippen molar-refractivity contribution in [3.05, 3.63) is 0 Å². The van der Waals surface area contributed by atoms with Gasteiger partial charge in [0, 0.05) is 0 Å². The molecule has 0 aliphatic carbocycles. The Morgan fingerprint density at radius 2 is 2.20 bits per heavy atom. The first-order valence-electron chi connectivity index (χ1n) is 3.46. The molecule has 0 fully saturated rings. The number of carbonyl (C=O) groups is 1. The van der Waals surface area contributed by atoms with Crippen LogP contribution in [0.4, 0.5) is 18.3 Å². The van der Waals surface area contributed by atoms with Gasteiger partial charge in [-0.2, -0.15) is 13.2 Å². The highest BCUT2D eigenvalue weighted by Crippen LogP contribution is 2.23. The fourth-order valence-corrected chi connectivity index (χ4v) is 1.98. The van der Waals surface area contributed by atoms with Gasteiger partial charge >= 0.3 is 12.1 Å². The molecule has 1 aromatic rings. The molecule has 0 atom stereocenters. The van der Waals surface area contributed by atoms with Gasteiger partial charge in [0.05, 0.1) is 5.88 Å². The van der Waals surface area contributed by atoms with Gasteiger partial charge in [-0.05, 0) is 0 Å². The summed E-state index contributed by atoms with van der Waals surface area (Å²) in [7, 11) is 0. The van der Waals surface area contributed by atoms with E-state index in [1.807, 2.05) is 0 Å². The molecule has 0 spiro atoms. The Morgan fingerprint density at radius 1 is 1.53 bits per heavy atom. The van der Waals surface area contributed by atoms with E-state index in [1.54, 1.807) is 5.32 Å². The van der Waals surface area contributed by atoms with Crippen LogP contribution in [0.3, 0.4) is 0 Å². The molecular weight excluding hydrogens is 253 g/mol. The van der Waals surface area contributed by atoms with Gasteiger partial charge in [-0.15, -0.1) is 10.2 Å². The number of anilines is 1. The molecular formula is C5H5F3N4OS2. The summed E-state index contributed by atoms with van der Waals surface area (Å²) in [5, 5.41) is 8.90. The van der Waals surface area contributed by atoms with Crippen LogP contribution in [0, 0.1) is 0 Å². The molecule has 0 aromatic carbocycles. The van der Waals surface area contributed by atoms with E-state index in [2.05, 4.69) is 10.2 Å². The van der Waals surface area contributed by atoms with Crippen molar-refractivity contribution in [2.75, 3.05) is 11.6 Å². The molecule has 0 aliphatic rings. The van der Waals surface area contributed by atoms with Gasteiger partial charge in [-0.1, -0.05) is 23.1 Å². The van der Waals surface area contributed by atoms with Crippen LogP contribution in [0.2, 0.25) is 0 Å². The number of halogens is 3. The standard InChI is InChI=1S/C5H5F3N4OS2/c6-5(7,8)2(13)10-1-14-4-12-11-3(9)15-4/h1H2,(H2,9,11)(H,10,13). The van der Waals surface area contributed by atoms with E-state index in [-0.39, 0.29) is 11.0 Å². The minimum absolute atomic E-state index is 0.222. The molecule has 0 aliphatic heterocycles. The van der Waals surface area contributed by atoms with Gasteiger partial charge in [0.15, 0.2) is 4.34 Å². The van der Waals surface area contributed by atoms with E-state index < -0.39 is 12.1 Å². The number of nitrogen functional groups attached to an aromatic ring is 1. The van der Waals surface area contributed by atoms with Crippen molar-refractivity contribution < 1.29 is 18.0 Å². The summed E-state index contributed by atoms with van der Waals surface area (Å²) in [6.07, 6.45) is -4.86. The van der Waals surface area contributed by atoms with Crippen molar-refractivity contribution >= 4 is 34.1 Å². The predicted octanol–water partition coefficient (Wildman–Crippen LogP) is 0.848. The van der Waals surface area contributed by atoms with E-state index in [9.17, 15) is 18.0 Å². The van der Waals surface area contributed by atoms with E-state index in [1.165, 1.54) is 0 Å². The summed E-state index contributed by atoms with van der Waals surface area (Å²) >= 11 is 1.95. The number of alkyl halides is 3. The summed E-state index contributed by atoms with van der Waals surface area (Å²) in [6.45, 7) is 0. The first kappa shape index (κ1) is 12.0. The highest BCUT2D eigenvalue weighted by Gasteiger charge is 2.38. The fraction of sp³-hybridized carbons (Fsp3) is 0.400. The number of thioether (sulfide) groups is 1. The third-order valence-electron chi connectivity index (χ3n) is 1.11. The van der Waals surface area contributed by atoms with Gasteiger partial charge in [-0.25, -0.2) is 0 Å². The maximum atomic E-state index is 11.7. The van der Waals surface area contributed by atoms with Crippen LogP contribution in [0.15, 0.2) is 4.34 Å². The number of amides is 1. The minimum atomic E-state index is -4.86. The lowest BCUT2D eigenvalue weighted by Crippen LogP contribution is -2.36. The molecule has 5 nitrogen and oxygen atoms in total. The number of nitrogens with zero attached hydrogens (tertiary/aromatic N) is 2. The van der Waals surface area contributed by atoms with Crippen molar-refractivity contribution in [3.63, 3.8) is 0 Å². The normalized spacial score (nSPS) is 11.4. The lowest BCUT2D eigenvalue weighted by atomic mass is 10.6. The van der Waals surface area contributed by atoms with Crippen LogP contribution in [0.25, 0.3) is 0 Å². The highest BCUT2D eigenvalue weighted by atomic mass is 32.2. The summed E-state index contributed by atoms with van der Waals surface area (Å²) in [5.41, 5.74) is 5.24. The van der Waals surface area contributed by atoms with Crippen molar-refractivity contribution in [1.29, 1.82) is 0 Å². The first-order valence-corrected chi connectivity index (χ1v) is 5.26. The monoisotopic (exact) mass is 258 g/mol. The van der Waals surface area contributed by atoms with Gasteiger partial charge in [0.1, 0.15) is 0 Å². The van der Waals surface area contributed by atoms with Crippen molar-refractivity contribution in [1.82, 2.24) is 15.5 Å². The molecule has 3 N–H and O–H groups in total. The first-order chi connectivity index (χ1) is 6.89. The number of carbonyl (C=O) groups excluding carboxylic acids is 1. The van der Waals surface area contributed by atoms with Crippen LogP contribution in [-0.4, -0.2) is 28.2 Å².